The van der Waals surface area contributed by atoms with Gasteiger partial charge in [-0.1, -0.05) is 18.2 Å². The minimum atomic E-state index is -4.42. The number of ether oxygens (including phenoxy) is 1. The summed E-state index contributed by atoms with van der Waals surface area (Å²) in [5.41, 5.74) is -0.347. The second-order valence-electron chi connectivity index (χ2n) is 5.02. The molecule has 2 aromatic carbocycles. The van der Waals surface area contributed by atoms with Crippen LogP contribution in [0.25, 0.3) is 0 Å². The van der Waals surface area contributed by atoms with Gasteiger partial charge >= 0.3 is 6.18 Å². The van der Waals surface area contributed by atoms with E-state index in [-0.39, 0.29) is 17.9 Å². The monoisotopic (exact) mass is 359 g/mol. The molecule has 0 amide bonds. The quantitative estimate of drug-likeness (QED) is 0.862. The topological polar surface area (TPSA) is 55.4 Å². The molecular weight excluding hydrogens is 343 g/mol. The van der Waals surface area contributed by atoms with Crippen molar-refractivity contribution in [3.8, 4) is 5.75 Å². The number of benzene rings is 2. The van der Waals surface area contributed by atoms with Crippen molar-refractivity contribution >= 4 is 10.0 Å². The Morgan fingerprint density at radius 2 is 1.75 bits per heavy atom. The van der Waals surface area contributed by atoms with Crippen molar-refractivity contribution in [2.75, 3.05) is 13.7 Å². The van der Waals surface area contributed by atoms with E-state index in [1.165, 1.54) is 43.5 Å². The Morgan fingerprint density at radius 3 is 2.33 bits per heavy atom. The molecule has 0 saturated heterocycles. The predicted molar refractivity (Wildman–Crippen MR) is 83.3 cm³/mol. The molecule has 4 nitrogen and oxygen atoms in total. The van der Waals surface area contributed by atoms with Gasteiger partial charge in [0.25, 0.3) is 0 Å². The van der Waals surface area contributed by atoms with Crippen LogP contribution in [-0.2, 0) is 22.6 Å². The van der Waals surface area contributed by atoms with Crippen LogP contribution in [0.5, 0.6) is 5.75 Å². The fraction of sp³-hybridized carbons (Fsp3) is 0.250. The van der Waals surface area contributed by atoms with Crippen LogP contribution in [0.15, 0.2) is 53.4 Å². The lowest BCUT2D eigenvalue weighted by molar-refractivity contribution is -0.137. The standard InChI is InChI=1S/C16H16F3NO3S/c1-23-14-5-7-15(8-6-14)24(21,22)20-10-9-12-3-2-4-13(11-12)16(17,18)19/h2-8,11,20H,9-10H2,1H3. The average molecular weight is 359 g/mol. The average Bonchev–Trinajstić information content (AvgIpc) is 2.54. The van der Waals surface area contributed by atoms with Crippen molar-refractivity contribution in [2.24, 2.45) is 0 Å². The van der Waals surface area contributed by atoms with Crippen LogP contribution in [0.4, 0.5) is 13.2 Å². The SMILES string of the molecule is COc1ccc(S(=O)(=O)NCCc2cccc(C(F)(F)F)c2)cc1. The lowest BCUT2D eigenvalue weighted by atomic mass is 10.1. The molecule has 0 atom stereocenters. The molecule has 0 bridgehead atoms. The van der Waals surface area contributed by atoms with Gasteiger partial charge in [0.2, 0.25) is 10.0 Å². The lowest BCUT2D eigenvalue weighted by Gasteiger charge is -2.10. The van der Waals surface area contributed by atoms with E-state index in [0.29, 0.717) is 11.3 Å². The highest BCUT2D eigenvalue weighted by Gasteiger charge is 2.30. The van der Waals surface area contributed by atoms with Gasteiger partial charge in [-0.3, -0.25) is 0 Å². The summed E-state index contributed by atoms with van der Waals surface area (Å²) in [6, 6.07) is 10.6. The van der Waals surface area contributed by atoms with Gasteiger partial charge in [-0.2, -0.15) is 13.2 Å². The Morgan fingerprint density at radius 1 is 1.08 bits per heavy atom. The first-order chi connectivity index (χ1) is 11.2. The molecule has 1 N–H and O–H groups in total. The van der Waals surface area contributed by atoms with Gasteiger partial charge in [-0.25, -0.2) is 13.1 Å². The summed E-state index contributed by atoms with van der Waals surface area (Å²) in [6.07, 6.45) is -4.27. The molecule has 0 fully saturated rings. The van der Waals surface area contributed by atoms with Gasteiger partial charge in [-0.05, 0) is 42.3 Å². The molecule has 0 spiro atoms. The van der Waals surface area contributed by atoms with Crippen LogP contribution in [0, 0.1) is 0 Å². The smallest absolute Gasteiger partial charge is 0.416 e. The summed E-state index contributed by atoms with van der Waals surface area (Å²) in [7, 11) is -2.25. The minimum Gasteiger partial charge on any atom is -0.497 e. The van der Waals surface area contributed by atoms with Gasteiger partial charge < -0.3 is 4.74 Å². The molecule has 0 heterocycles. The first-order valence-electron chi connectivity index (χ1n) is 7.02. The van der Waals surface area contributed by atoms with E-state index in [0.717, 1.165) is 12.1 Å². The number of hydrogen-bond donors (Lipinski definition) is 1. The van der Waals surface area contributed by atoms with Gasteiger partial charge in [-0.15, -0.1) is 0 Å². The van der Waals surface area contributed by atoms with E-state index < -0.39 is 21.8 Å². The molecular formula is C16H16F3NO3S. The molecule has 0 aliphatic carbocycles. The second-order valence-corrected chi connectivity index (χ2v) is 6.79. The van der Waals surface area contributed by atoms with Gasteiger partial charge in [0.15, 0.2) is 0 Å². The number of alkyl halides is 3. The van der Waals surface area contributed by atoms with Gasteiger partial charge in [0.05, 0.1) is 17.6 Å². The van der Waals surface area contributed by atoms with Crippen molar-refractivity contribution in [2.45, 2.75) is 17.5 Å². The van der Waals surface area contributed by atoms with Crippen LogP contribution >= 0.6 is 0 Å². The summed E-state index contributed by atoms with van der Waals surface area (Å²) in [5, 5.41) is 0. The first-order valence-corrected chi connectivity index (χ1v) is 8.50. The summed E-state index contributed by atoms with van der Waals surface area (Å²) < 4.78 is 69.5. The Labute approximate surface area is 138 Å². The zero-order chi connectivity index (χ0) is 17.8. The molecule has 8 heteroatoms. The largest absolute Gasteiger partial charge is 0.497 e. The summed E-state index contributed by atoms with van der Waals surface area (Å²) >= 11 is 0. The zero-order valence-corrected chi connectivity index (χ0v) is 13.6. The highest BCUT2D eigenvalue weighted by molar-refractivity contribution is 7.89. The third-order valence-electron chi connectivity index (χ3n) is 3.33. The number of halogens is 3. The van der Waals surface area contributed by atoms with Crippen molar-refractivity contribution in [3.63, 3.8) is 0 Å². The molecule has 2 aromatic rings. The normalized spacial score (nSPS) is 12.2. The Kier molecular flexibility index (Phi) is 5.51. The molecule has 2 rings (SSSR count). The van der Waals surface area contributed by atoms with E-state index in [9.17, 15) is 21.6 Å². The van der Waals surface area contributed by atoms with E-state index in [1.54, 1.807) is 0 Å². The van der Waals surface area contributed by atoms with Gasteiger partial charge in [0.1, 0.15) is 5.75 Å². The first kappa shape index (κ1) is 18.3. The predicted octanol–water partition coefficient (Wildman–Crippen LogP) is 3.24. The van der Waals surface area contributed by atoms with Crippen LogP contribution in [0.2, 0.25) is 0 Å². The summed E-state index contributed by atoms with van der Waals surface area (Å²) in [6.45, 7) is -0.00429. The van der Waals surface area contributed by atoms with Crippen molar-refractivity contribution < 1.29 is 26.3 Å². The fourth-order valence-electron chi connectivity index (χ4n) is 2.07. The molecule has 0 saturated carbocycles. The number of methoxy groups -OCH3 is 1. The highest BCUT2D eigenvalue weighted by atomic mass is 32.2. The number of sulfonamides is 1. The highest BCUT2D eigenvalue weighted by Crippen LogP contribution is 2.29. The Balaban J connectivity index is 2.00. The maximum absolute atomic E-state index is 12.6. The second kappa shape index (κ2) is 7.23. The molecule has 0 radical (unpaired) electrons. The minimum absolute atomic E-state index is 0.00429. The molecule has 130 valence electrons. The van der Waals surface area contributed by atoms with Crippen LogP contribution in [0.1, 0.15) is 11.1 Å². The van der Waals surface area contributed by atoms with Crippen LogP contribution in [-0.4, -0.2) is 22.1 Å². The molecule has 24 heavy (non-hydrogen) atoms. The number of hydrogen-bond acceptors (Lipinski definition) is 3. The number of nitrogens with one attached hydrogen (secondary N) is 1. The van der Waals surface area contributed by atoms with Crippen molar-refractivity contribution in [1.29, 1.82) is 0 Å². The van der Waals surface area contributed by atoms with Crippen molar-refractivity contribution in [1.82, 2.24) is 4.72 Å². The van der Waals surface area contributed by atoms with E-state index >= 15 is 0 Å². The lowest BCUT2D eigenvalue weighted by Crippen LogP contribution is -2.26. The van der Waals surface area contributed by atoms with E-state index in [4.69, 9.17) is 4.74 Å². The summed E-state index contributed by atoms with van der Waals surface area (Å²) in [5.74, 6) is 0.526. The summed E-state index contributed by atoms with van der Waals surface area (Å²) in [4.78, 5) is 0.0624. The third kappa shape index (κ3) is 4.72. The van der Waals surface area contributed by atoms with Crippen LogP contribution < -0.4 is 9.46 Å². The zero-order valence-electron chi connectivity index (χ0n) is 12.8. The number of rotatable bonds is 6. The maximum Gasteiger partial charge on any atom is 0.416 e. The third-order valence-corrected chi connectivity index (χ3v) is 4.81. The van der Waals surface area contributed by atoms with Gasteiger partial charge in [0, 0.05) is 6.54 Å². The van der Waals surface area contributed by atoms with E-state index in [2.05, 4.69) is 4.72 Å². The van der Waals surface area contributed by atoms with Crippen LogP contribution in [0.3, 0.4) is 0 Å². The molecule has 0 unspecified atom stereocenters. The molecule has 0 aromatic heterocycles. The Hall–Kier alpha value is -2.06. The fourth-order valence-corrected chi connectivity index (χ4v) is 3.10. The Bertz CT molecular complexity index is 787. The maximum atomic E-state index is 12.6. The molecule has 0 aliphatic heterocycles. The van der Waals surface area contributed by atoms with Crippen molar-refractivity contribution in [3.05, 3.63) is 59.7 Å². The van der Waals surface area contributed by atoms with E-state index in [1.807, 2.05) is 0 Å². The molecule has 0 aliphatic rings.